The minimum absolute atomic E-state index is 0.144. The van der Waals surface area contributed by atoms with Crippen LogP contribution in [-0.4, -0.2) is 36.8 Å². The summed E-state index contributed by atoms with van der Waals surface area (Å²) in [6, 6.07) is 7.57. The summed E-state index contributed by atoms with van der Waals surface area (Å²) in [5.74, 6) is 0.730. The van der Waals surface area contributed by atoms with Crippen molar-refractivity contribution in [1.29, 1.82) is 0 Å². The van der Waals surface area contributed by atoms with Crippen molar-refractivity contribution < 1.29 is 17.9 Å². The summed E-state index contributed by atoms with van der Waals surface area (Å²) >= 11 is 0. The Labute approximate surface area is 124 Å². The van der Waals surface area contributed by atoms with Gasteiger partial charge in [0, 0.05) is 13.1 Å². The zero-order valence-corrected chi connectivity index (χ0v) is 12.9. The van der Waals surface area contributed by atoms with Gasteiger partial charge < -0.3 is 4.74 Å². The van der Waals surface area contributed by atoms with Crippen molar-refractivity contribution in [1.82, 2.24) is 4.90 Å². The fourth-order valence-corrected chi connectivity index (χ4v) is 2.17. The molecule has 21 heavy (non-hydrogen) atoms. The van der Waals surface area contributed by atoms with Gasteiger partial charge in [-0.05, 0) is 31.0 Å². The molecule has 1 fully saturated rings. The summed E-state index contributed by atoms with van der Waals surface area (Å²) < 4.78 is 42.4. The fraction of sp³-hybridized carbons (Fsp3) is 0.625. The third kappa shape index (κ3) is 7.37. The number of ether oxygens (including phenoxy) is 1. The van der Waals surface area contributed by atoms with Gasteiger partial charge in [0.1, 0.15) is 11.9 Å². The van der Waals surface area contributed by atoms with E-state index in [0.717, 1.165) is 11.3 Å². The Hall–Kier alpha value is -1.23. The Balaban J connectivity index is 0.000000677. The molecule has 1 aromatic carbocycles. The van der Waals surface area contributed by atoms with E-state index in [4.69, 9.17) is 4.74 Å². The molecule has 0 aromatic heterocycles. The smallest absolute Gasteiger partial charge is 0.401 e. The lowest BCUT2D eigenvalue weighted by molar-refractivity contribution is -0.144. The van der Waals surface area contributed by atoms with Crippen LogP contribution in [0.5, 0.6) is 5.75 Å². The number of rotatable bonds is 3. The lowest BCUT2D eigenvalue weighted by atomic mass is 10.2. The van der Waals surface area contributed by atoms with Gasteiger partial charge in [-0.2, -0.15) is 13.2 Å². The number of likely N-dealkylation sites (tertiary alicyclic amines) is 1. The van der Waals surface area contributed by atoms with Crippen LogP contribution in [-0.2, 0) is 0 Å². The molecule has 1 heterocycles. The number of nitrogens with zero attached hydrogens (tertiary/aromatic N) is 1. The van der Waals surface area contributed by atoms with Crippen LogP contribution in [0.1, 0.15) is 32.3 Å². The minimum Gasteiger partial charge on any atom is -0.489 e. The largest absolute Gasteiger partial charge is 0.489 e. The van der Waals surface area contributed by atoms with Gasteiger partial charge in [0.15, 0.2) is 0 Å². The molecule has 120 valence electrons. The maximum Gasteiger partial charge on any atom is 0.401 e. The van der Waals surface area contributed by atoms with Gasteiger partial charge in [-0.1, -0.05) is 32.4 Å². The van der Waals surface area contributed by atoms with Crippen LogP contribution in [0.4, 0.5) is 13.2 Å². The molecule has 0 N–H and O–H groups in total. The predicted molar refractivity (Wildman–Crippen MR) is 78.7 cm³/mol. The molecule has 2 rings (SSSR count). The van der Waals surface area contributed by atoms with Gasteiger partial charge in [-0.3, -0.25) is 4.90 Å². The fourth-order valence-electron chi connectivity index (χ4n) is 2.17. The van der Waals surface area contributed by atoms with Crippen LogP contribution in [0.3, 0.4) is 0 Å². The van der Waals surface area contributed by atoms with E-state index in [0.29, 0.717) is 19.5 Å². The number of halogens is 3. The van der Waals surface area contributed by atoms with Gasteiger partial charge in [0.05, 0.1) is 6.54 Å². The van der Waals surface area contributed by atoms with E-state index in [-0.39, 0.29) is 6.10 Å². The average molecular weight is 303 g/mol. The van der Waals surface area contributed by atoms with Crippen molar-refractivity contribution >= 4 is 0 Å². The van der Waals surface area contributed by atoms with Gasteiger partial charge >= 0.3 is 6.18 Å². The molecule has 1 aliphatic heterocycles. The Bertz CT molecular complexity index is 420. The monoisotopic (exact) mass is 303 g/mol. The molecular formula is C16H24F3NO. The van der Waals surface area contributed by atoms with Crippen molar-refractivity contribution in [3.05, 3.63) is 29.8 Å². The molecule has 0 bridgehead atoms. The van der Waals surface area contributed by atoms with E-state index in [1.165, 1.54) is 11.3 Å². The molecule has 1 aromatic rings. The van der Waals surface area contributed by atoms with E-state index in [1.807, 2.05) is 31.2 Å². The highest BCUT2D eigenvalue weighted by Gasteiger charge is 2.34. The molecule has 1 saturated heterocycles. The lowest BCUT2D eigenvalue weighted by Crippen LogP contribution is -2.33. The second-order valence-electron chi connectivity index (χ2n) is 5.40. The summed E-state index contributed by atoms with van der Waals surface area (Å²) in [5, 5.41) is 0. The van der Waals surface area contributed by atoms with Crippen LogP contribution in [0.2, 0.25) is 0 Å². The molecular weight excluding hydrogens is 279 g/mol. The number of benzene rings is 1. The normalized spacial score (nSPS) is 19.0. The predicted octanol–water partition coefficient (Wildman–Crippen LogP) is 4.43. The number of hydrogen-bond donors (Lipinski definition) is 0. The first-order valence-electron chi connectivity index (χ1n) is 7.36. The summed E-state index contributed by atoms with van der Waals surface area (Å²) in [6.07, 6.45) is -2.38. The van der Waals surface area contributed by atoms with E-state index in [9.17, 15) is 13.2 Å². The molecule has 0 saturated carbocycles. The zero-order chi connectivity index (χ0) is 15.9. The molecule has 1 unspecified atom stereocenters. The molecule has 1 atom stereocenters. The van der Waals surface area contributed by atoms with E-state index in [1.54, 1.807) is 0 Å². The first-order chi connectivity index (χ1) is 9.84. The van der Waals surface area contributed by atoms with Gasteiger partial charge in [-0.15, -0.1) is 0 Å². The number of hydrogen-bond acceptors (Lipinski definition) is 2. The third-order valence-electron chi connectivity index (χ3n) is 2.92. The van der Waals surface area contributed by atoms with Gasteiger partial charge in [0.25, 0.3) is 0 Å². The molecule has 0 spiro atoms. The number of alkyl halides is 3. The number of aryl methyl sites for hydroxylation is 1. The highest BCUT2D eigenvalue weighted by Crippen LogP contribution is 2.23. The van der Waals surface area contributed by atoms with Gasteiger partial charge in [0.2, 0.25) is 0 Å². The highest BCUT2D eigenvalue weighted by molar-refractivity contribution is 5.27. The maximum absolute atomic E-state index is 12.2. The summed E-state index contributed by atoms with van der Waals surface area (Å²) in [5.41, 5.74) is 1.08. The molecule has 0 aliphatic carbocycles. The lowest BCUT2D eigenvalue weighted by Gasteiger charge is -2.18. The summed E-state index contributed by atoms with van der Waals surface area (Å²) in [4.78, 5) is 1.39. The van der Waals surface area contributed by atoms with Crippen molar-refractivity contribution in [3.63, 3.8) is 0 Å². The summed E-state index contributed by atoms with van der Waals surface area (Å²) in [7, 11) is 0. The quantitative estimate of drug-likeness (QED) is 0.819. The van der Waals surface area contributed by atoms with E-state index in [2.05, 4.69) is 13.8 Å². The Morgan fingerprint density at radius 2 is 1.95 bits per heavy atom. The summed E-state index contributed by atoms with van der Waals surface area (Å²) in [6.45, 7) is 6.14. The van der Waals surface area contributed by atoms with Crippen molar-refractivity contribution in [2.24, 2.45) is 0 Å². The molecule has 0 amide bonds. The SMILES string of the molecule is CCC.Cc1cccc(OC2CCN(CC(F)(F)F)C2)c1. The first kappa shape index (κ1) is 17.8. The topological polar surface area (TPSA) is 12.5 Å². The van der Waals surface area contributed by atoms with E-state index >= 15 is 0 Å². The Morgan fingerprint density at radius 1 is 1.29 bits per heavy atom. The second kappa shape index (κ2) is 8.27. The molecule has 2 nitrogen and oxygen atoms in total. The van der Waals surface area contributed by atoms with Crippen LogP contribution in [0, 0.1) is 6.92 Å². The third-order valence-corrected chi connectivity index (χ3v) is 2.92. The Kier molecular flexibility index (Phi) is 7.02. The van der Waals surface area contributed by atoms with Crippen LogP contribution in [0.25, 0.3) is 0 Å². The van der Waals surface area contributed by atoms with Crippen molar-refractivity contribution in [2.75, 3.05) is 19.6 Å². The molecule has 1 aliphatic rings. The highest BCUT2D eigenvalue weighted by atomic mass is 19.4. The van der Waals surface area contributed by atoms with Crippen molar-refractivity contribution in [3.8, 4) is 5.75 Å². The minimum atomic E-state index is -4.13. The molecule has 5 heteroatoms. The Morgan fingerprint density at radius 3 is 2.52 bits per heavy atom. The zero-order valence-electron chi connectivity index (χ0n) is 12.9. The van der Waals surface area contributed by atoms with Crippen LogP contribution in [0.15, 0.2) is 24.3 Å². The maximum atomic E-state index is 12.2. The van der Waals surface area contributed by atoms with Crippen LogP contribution < -0.4 is 4.74 Å². The average Bonchev–Trinajstić information content (AvgIpc) is 2.75. The van der Waals surface area contributed by atoms with Crippen molar-refractivity contribution in [2.45, 2.75) is 45.9 Å². The van der Waals surface area contributed by atoms with Crippen LogP contribution >= 0.6 is 0 Å². The standard InChI is InChI=1S/C13H16F3NO.C3H8/c1-10-3-2-4-11(7-10)18-12-5-6-17(8-12)9-13(14,15)16;1-3-2/h2-4,7,12H,5-6,8-9H2,1H3;3H2,1-2H3. The second-order valence-corrected chi connectivity index (χ2v) is 5.40. The first-order valence-corrected chi connectivity index (χ1v) is 7.36. The van der Waals surface area contributed by atoms with Gasteiger partial charge in [-0.25, -0.2) is 0 Å². The molecule has 0 radical (unpaired) electrons. The van der Waals surface area contributed by atoms with E-state index < -0.39 is 12.7 Å².